The van der Waals surface area contributed by atoms with Gasteiger partial charge in [0.1, 0.15) is 0 Å². The first-order valence-corrected chi connectivity index (χ1v) is 8.52. The highest BCUT2D eigenvalue weighted by Crippen LogP contribution is 2.21. The highest BCUT2D eigenvalue weighted by molar-refractivity contribution is 6.07. The van der Waals surface area contributed by atoms with E-state index in [9.17, 15) is 4.79 Å². The standard InChI is InChI=1S/C21H17N5O/c1-14-6-2-3-9-16(14)23-19-12-11-18(25-26-19)21(27)24-17-10-4-7-15-8-5-13-22-20(15)17/h2-13H,1H3,(H,23,26)(H,24,27). The maximum absolute atomic E-state index is 12.5. The average Bonchev–Trinajstić information content (AvgIpc) is 2.70. The third kappa shape index (κ3) is 3.59. The minimum Gasteiger partial charge on any atom is -0.339 e. The lowest BCUT2D eigenvalue weighted by molar-refractivity contribution is 0.102. The molecule has 1 amide bonds. The summed E-state index contributed by atoms with van der Waals surface area (Å²) < 4.78 is 0. The molecule has 0 unspecified atom stereocenters. The zero-order valence-corrected chi connectivity index (χ0v) is 14.7. The Morgan fingerprint density at radius 2 is 1.67 bits per heavy atom. The molecule has 2 aromatic carbocycles. The van der Waals surface area contributed by atoms with Gasteiger partial charge in [-0.3, -0.25) is 9.78 Å². The molecule has 0 spiro atoms. The number of nitrogens with one attached hydrogen (secondary N) is 2. The van der Waals surface area contributed by atoms with Crippen LogP contribution in [-0.4, -0.2) is 21.1 Å². The number of hydrogen-bond donors (Lipinski definition) is 2. The number of amides is 1. The van der Waals surface area contributed by atoms with Crippen molar-refractivity contribution >= 4 is 34.0 Å². The number of para-hydroxylation sites is 2. The molecule has 0 radical (unpaired) electrons. The van der Waals surface area contributed by atoms with Crippen LogP contribution in [0.1, 0.15) is 16.1 Å². The smallest absolute Gasteiger partial charge is 0.276 e. The largest absolute Gasteiger partial charge is 0.339 e. The fourth-order valence-electron chi connectivity index (χ4n) is 2.76. The van der Waals surface area contributed by atoms with Gasteiger partial charge in [-0.2, -0.15) is 0 Å². The van der Waals surface area contributed by atoms with Gasteiger partial charge >= 0.3 is 0 Å². The van der Waals surface area contributed by atoms with Crippen LogP contribution >= 0.6 is 0 Å². The van der Waals surface area contributed by atoms with Crippen molar-refractivity contribution < 1.29 is 4.79 Å². The SMILES string of the molecule is Cc1ccccc1Nc1ccc(C(=O)Nc2cccc3cccnc23)nn1. The van der Waals surface area contributed by atoms with Crippen LogP contribution in [-0.2, 0) is 0 Å². The van der Waals surface area contributed by atoms with E-state index in [4.69, 9.17) is 0 Å². The van der Waals surface area contributed by atoms with E-state index >= 15 is 0 Å². The number of fused-ring (bicyclic) bond motifs is 1. The van der Waals surface area contributed by atoms with Crippen molar-refractivity contribution in [3.05, 3.63) is 84.2 Å². The summed E-state index contributed by atoms with van der Waals surface area (Å²) in [6, 6.07) is 20.7. The van der Waals surface area contributed by atoms with Gasteiger partial charge in [0.05, 0.1) is 11.2 Å². The second-order valence-electron chi connectivity index (χ2n) is 6.08. The molecule has 0 atom stereocenters. The summed E-state index contributed by atoms with van der Waals surface area (Å²) >= 11 is 0. The topological polar surface area (TPSA) is 79.8 Å². The Kier molecular flexibility index (Phi) is 4.45. The molecule has 0 bridgehead atoms. The van der Waals surface area contributed by atoms with Crippen molar-refractivity contribution in [3.63, 3.8) is 0 Å². The first kappa shape index (κ1) is 16.7. The van der Waals surface area contributed by atoms with E-state index in [0.717, 1.165) is 22.2 Å². The molecular formula is C21H17N5O. The van der Waals surface area contributed by atoms with Crippen molar-refractivity contribution in [2.75, 3.05) is 10.6 Å². The molecule has 2 N–H and O–H groups in total. The van der Waals surface area contributed by atoms with Gasteiger partial charge in [-0.1, -0.05) is 36.4 Å². The molecular weight excluding hydrogens is 338 g/mol. The van der Waals surface area contributed by atoms with E-state index in [2.05, 4.69) is 25.8 Å². The molecule has 0 saturated carbocycles. The highest BCUT2D eigenvalue weighted by Gasteiger charge is 2.11. The van der Waals surface area contributed by atoms with Gasteiger partial charge in [0.2, 0.25) is 0 Å². The number of anilines is 3. The number of aryl methyl sites for hydroxylation is 1. The average molecular weight is 355 g/mol. The Hall–Kier alpha value is -3.80. The third-order valence-electron chi connectivity index (χ3n) is 4.19. The van der Waals surface area contributed by atoms with Gasteiger partial charge in [0, 0.05) is 17.3 Å². The van der Waals surface area contributed by atoms with Crippen LogP contribution in [0.2, 0.25) is 0 Å². The zero-order chi connectivity index (χ0) is 18.6. The van der Waals surface area contributed by atoms with Gasteiger partial charge in [0.15, 0.2) is 11.5 Å². The minimum absolute atomic E-state index is 0.235. The van der Waals surface area contributed by atoms with Gasteiger partial charge in [0.25, 0.3) is 5.91 Å². The van der Waals surface area contributed by atoms with Gasteiger partial charge in [-0.25, -0.2) is 0 Å². The summed E-state index contributed by atoms with van der Waals surface area (Å²) in [7, 11) is 0. The lowest BCUT2D eigenvalue weighted by atomic mass is 10.2. The van der Waals surface area contributed by atoms with E-state index < -0.39 is 0 Å². The van der Waals surface area contributed by atoms with Crippen molar-refractivity contribution in [1.29, 1.82) is 0 Å². The van der Waals surface area contributed by atoms with E-state index in [1.54, 1.807) is 18.3 Å². The number of carbonyl (C=O) groups excluding carboxylic acids is 1. The second-order valence-corrected chi connectivity index (χ2v) is 6.08. The van der Waals surface area contributed by atoms with Crippen molar-refractivity contribution in [3.8, 4) is 0 Å². The van der Waals surface area contributed by atoms with Crippen LogP contribution in [0.25, 0.3) is 10.9 Å². The summed E-state index contributed by atoms with van der Waals surface area (Å²) in [5, 5.41) is 15.1. The number of pyridine rings is 1. The summed E-state index contributed by atoms with van der Waals surface area (Å²) in [4.78, 5) is 16.9. The highest BCUT2D eigenvalue weighted by atomic mass is 16.1. The lowest BCUT2D eigenvalue weighted by Gasteiger charge is -2.09. The second kappa shape index (κ2) is 7.21. The Bertz CT molecular complexity index is 1100. The van der Waals surface area contributed by atoms with E-state index in [-0.39, 0.29) is 11.6 Å². The predicted molar refractivity (Wildman–Crippen MR) is 106 cm³/mol. The van der Waals surface area contributed by atoms with Crippen LogP contribution in [0, 0.1) is 6.92 Å². The van der Waals surface area contributed by atoms with E-state index in [1.807, 2.05) is 61.5 Å². The molecule has 0 aliphatic rings. The third-order valence-corrected chi connectivity index (χ3v) is 4.19. The lowest BCUT2D eigenvalue weighted by Crippen LogP contribution is -2.15. The number of hydrogen-bond acceptors (Lipinski definition) is 5. The Morgan fingerprint density at radius 1 is 0.852 bits per heavy atom. The molecule has 2 aromatic heterocycles. The van der Waals surface area contributed by atoms with Gasteiger partial charge in [-0.05, 0) is 42.8 Å². The number of benzene rings is 2. The van der Waals surface area contributed by atoms with Crippen LogP contribution in [0.15, 0.2) is 72.9 Å². The molecule has 0 aliphatic heterocycles. The summed E-state index contributed by atoms with van der Waals surface area (Å²) in [5.74, 6) is 0.246. The molecule has 132 valence electrons. The predicted octanol–water partition coefficient (Wildman–Crippen LogP) is 4.33. The molecule has 0 saturated heterocycles. The molecule has 6 nitrogen and oxygen atoms in total. The zero-order valence-electron chi connectivity index (χ0n) is 14.7. The van der Waals surface area contributed by atoms with Crippen LogP contribution in [0.3, 0.4) is 0 Å². The van der Waals surface area contributed by atoms with Crippen molar-refractivity contribution in [2.45, 2.75) is 6.92 Å². The summed E-state index contributed by atoms with van der Waals surface area (Å²) in [6.45, 7) is 2.01. The van der Waals surface area contributed by atoms with E-state index in [0.29, 0.717) is 11.5 Å². The van der Waals surface area contributed by atoms with Gasteiger partial charge in [-0.15, -0.1) is 10.2 Å². The quantitative estimate of drug-likeness (QED) is 0.569. The summed E-state index contributed by atoms with van der Waals surface area (Å²) in [5.41, 5.74) is 3.66. The first-order valence-electron chi connectivity index (χ1n) is 8.52. The maximum Gasteiger partial charge on any atom is 0.276 e. The number of rotatable bonds is 4. The monoisotopic (exact) mass is 355 g/mol. The van der Waals surface area contributed by atoms with E-state index in [1.165, 1.54) is 0 Å². The molecule has 4 aromatic rings. The van der Waals surface area contributed by atoms with Gasteiger partial charge < -0.3 is 10.6 Å². The molecule has 27 heavy (non-hydrogen) atoms. The fourth-order valence-corrected chi connectivity index (χ4v) is 2.76. The molecule has 0 fully saturated rings. The first-order chi connectivity index (χ1) is 13.2. The Labute approximate surface area is 156 Å². The minimum atomic E-state index is -0.330. The Balaban J connectivity index is 1.52. The van der Waals surface area contributed by atoms with Crippen LogP contribution < -0.4 is 10.6 Å². The maximum atomic E-state index is 12.5. The number of nitrogens with zero attached hydrogens (tertiary/aromatic N) is 3. The Morgan fingerprint density at radius 3 is 2.48 bits per heavy atom. The number of carbonyl (C=O) groups is 1. The molecule has 4 rings (SSSR count). The van der Waals surface area contributed by atoms with Crippen LogP contribution in [0.5, 0.6) is 0 Å². The van der Waals surface area contributed by atoms with Crippen molar-refractivity contribution in [2.24, 2.45) is 0 Å². The van der Waals surface area contributed by atoms with Crippen molar-refractivity contribution in [1.82, 2.24) is 15.2 Å². The molecule has 2 heterocycles. The molecule has 0 aliphatic carbocycles. The molecule has 6 heteroatoms. The summed E-state index contributed by atoms with van der Waals surface area (Å²) in [6.07, 6.45) is 1.70. The normalized spacial score (nSPS) is 10.6. The fraction of sp³-hybridized carbons (Fsp3) is 0.0476. The van der Waals surface area contributed by atoms with Crippen LogP contribution in [0.4, 0.5) is 17.2 Å². The number of aromatic nitrogens is 3.